The molecule has 0 radical (unpaired) electrons. The van der Waals surface area contributed by atoms with Crippen LogP contribution in [-0.2, 0) is 5.75 Å². The van der Waals surface area contributed by atoms with Gasteiger partial charge in [-0.05, 0) is 36.4 Å². The van der Waals surface area contributed by atoms with Crippen LogP contribution in [0, 0.1) is 0 Å². The third-order valence-corrected chi connectivity index (χ3v) is 6.11. The van der Waals surface area contributed by atoms with E-state index in [2.05, 4.69) is 4.98 Å². The molecule has 5 rings (SSSR count). The minimum atomic E-state index is -0.139. The Balaban J connectivity index is 1.61. The molecule has 0 saturated heterocycles. The molecule has 3 heterocycles. The van der Waals surface area contributed by atoms with E-state index >= 15 is 0 Å². The number of nitrogens with zero attached hydrogens (tertiary/aromatic N) is 4. The number of pyridine rings is 1. The Labute approximate surface area is 188 Å². The quantitative estimate of drug-likeness (QED) is 0.287. The van der Waals surface area contributed by atoms with Gasteiger partial charge in [0.05, 0.1) is 36.5 Å². The van der Waals surface area contributed by atoms with E-state index in [-0.39, 0.29) is 5.56 Å². The summed E-state index contributed by atoms with van der Waals surface area (Å²) in [6.07, 6.45) is 3.95. The minimum absolute atomic E-state index is 0.139. The standard InChI is InChI=1S/C24H20N4O3S/c1-30-20-11-10-17(13-21(20)31-2)28-23(29)18-7-3-4-8-19(18)26-24(28)32-15-16-14-27-12-6-5-9-22(27)25-16/h3-14H,15H2,1-2H3. The molecule has 0 N–H and O–H groups in total. The van der Waals surface area contributed by atoms with Crippen LogP contribution in [0.4, 0.5) is 0 Å². The average Bonchev–Trinajstić information content (AvgIpc) is 3.25. The van der Waals surface area contributed by atoms with Crippen molar-refractivity contribution in [3.05, 3.63) is 89.1 Å². The van der Waals surface area contributed by atoms with E-state index in [0.29, 0.717) is 39.0 Å². The van der Waals surface area contributed by atoms with Crippen LogP contribution in [0.3, 0.4) is 0 Å². The fourth-order valence-electron chi connectivity index (χ4n) is 3.60. The zero-order chi connectivity index (χ0) is 22.1. The van der Waals surface area contributed by atoms with E-state index in [0.717, 1.165) is 11.3 Å². The van der Waals surface area contributed by atoms with Crippen molar-refractivity contribution in [2.24, 2.45) is 0 Å². The van der Waals surface area contributed by atoms with Gasteiger partial charge in [0.25, 0.3) is 5.56 Å². The highest BCUT2D eigenvalue weighted by atomic mass is 32.2. The molecule has 0 aliphatic carbocycles. The molecule has 2 aromatic carbocycles. The molecule has 32 heavy (non-hydrogen) atoms. The number of aromatic nitrogens is 4. The first-order valence-electron chi connectivity index (χ1n) is 9.97. The van der Waals surface area contributed by atoms with Crippen molar-refractivity contribution in [3.8, 4) is 17.2 Å². The van der Waals surface area contributed by atoms with E-state index in [1.807, 2.05) is 59.3 Å². The summed E-state index contributed by atoms with van der Waals surface area (Å²) >= 11 is 1.47. The van der Waals surface area contributed by atoms with E-state index in [1.165, 1.54) is 11.8 Å². The van der Waals surface area contributed by atoms with Crippen molar-refractivity contribution >= 4 is 28.3 Å². The van der Waals surface area contributed by atoms with Crippen LogP contribution < -0.4 is 15.0 Å². The Kier molecular flexibility index (Phi) is 5.28. The number of hydrogen-bond acceptors (Lipinski definition) is 6. The van der Waals surface area contributed by atoms with Gasteiger partial charge >= 0.3 is 0 Å². The van der Waals surface area contributed by atoms with E-state index in [9.17, 15) is 4.79 Å². The van der Waals surface area contributed by atoms with Crippen LogP contribution >= 0.6 is 11.8 Å². The summed E-state index contributed by atoms with van der Waals surface area (Å²) in [5.41, 5.74) is 2.96. The second-order valence-electron chi connectivity index (χ2n) is 7.08. The van der Waals surface area contributed by atoms with Crippen LogP contribution in [0.2, 0.25) is 0 Å². The number of fused-ring (bicyclic) bond motifs is 2. The third-order valence-electron chi connectivity index (χ3n) is 5.13. The summed E-state index contributed by atoms with van der Waals surface area (Å²) < 4.78 is 14.4. The maximum absolute atomic E-state index is 13.5. The first-order valence-corrected chi connectivity index (χ1v) is 11.0. The number of para-hydroxylation sites is 1. The SMILES string of the molecule is COc1ccc(-n2c(SCc3cn4ccccc4n3)nc3ccccc3c2=O)cc1OC. The lowest BCUT2D eigenvalue weighted by Gasteiger charge is -2.15. The van der Waals surface area contributed by atoms with Gasteiger partial charge in [-0.2, -0.15) is 0 Å². The van der Waals surface area contributed by atoms with Gasteiger partial charge in [-0.1, -0.05) is 30.0 Å². The van der Waals surface area contributed by atoms with Crippen molar-refractivity contribution in [2.75, 3.05) is 14.2 Å². The van der Waals surface area contributed by atoms with Crippen LogP contribution in [-0.4, -0.2) is 33.2 Å². The molecular weight excluding hydrogens is 424 g/mol. The zero-order valence-corrected chi connectivity index (χ0v) is 18.4. The largest absolute Gasteiger partial charge is 0.493 e. The van der Waals surface area contributed by atoms with Gasteiger partial charge in [-0.25, -0.2) is 9.97 Å². The second-order valence-corrected chi connectivity index (χ2v) is 8.02. The minimum Gasteiger partial charge on any atom is -0.493 e. The topological polar surface area (TPSA) is 70.7 Å². The van der Waals surface area contributed by atoms with Crippen LogP contribution in [0.1, 0.15) is 5.69 Å². The molecule has 5 aromatic rings. The molecular formula is C24H20N4O3S. The van der Waals surface area contributed by atoms with Gasteiger partial charge < -0.3 is 13.9 Å². The lowest BCUT2D eigenvalue weighted by molar-refractivity contribution is 0.354. The number of ether oxygens (including phenoxy) is 2. The first-order chi connectivity index (χ1) is 15.7. The van der Waals surface area contributed by atoms with Crippen LogP contribution in [0.15, 0.2) is 83.0 Å². The maximum atomic E-state index is 13.5. The fraction of sp³-hybridized carbons (Fsp3) is 0.125. The zero-order valence-electron chi connectivity index (χ0n) is 17.6. The van der Waals surface area contributed by atoms with Crippen molar-refractivity contribution in [3.63, 3.8) is 0 Å². The lowest BCUT2D eigenvalue weighted by atomic mass is 10.2. The molecule has 0 spiro atoms. The summed E-state index contributed by atoms with van der Waals surface area (Å²) in [6, 6.07) is 18.6. The van der Waals surface area contributed by atoms with E-state index < -0.39 is 0 Å². The molecule has 0 unspecified atom stereocenters. The Hall–Kier alpha value is -3.78. The first kappa shape index (κ1) is 20.1. The molecule has 160 valence electrons. The smallest absolute Gasteiger partial charge is 0.266 e. The molecule has 0 aliphatic rings. The summed E-state index contributed by atoms with van der Waals surface area (Å²) in [7, 11) is 3.15. The summed E-state index contributed by atoms with van der Waals surface area (Å²) in [6.45, 7) is 0. The van der Waals surface area contributed by atoms with Gasteiger partial charge in [0.1, 0.15) is 5.65 Å². The van der Waals surface area contributed by atoms with Gasteiger partial charge in [-0.15, -0.1) is 0 Å². The molecule has 0 bridgehead atoms. The highest BCUT2D eigenvalue weighted by Crippen LogP contribution is 2.31. The highest BCUT2D eigenvalue weighted by molar-refractivity contribution is 7.98. The summed E-state index contributed by atoms with van der Waals surface area (Å²) in [4.78, 5) is 22.9. The van der Waals surface area contributed by atoms with E-state index in [1.54, 1.807) is 37.0 Å². The van der Waals surface area contributed by atoms with Crippen LogP contribution in [0.25, 0.3) is 22.2 Å². The number of methoxy groups -OCH3 is 2. The predicted molar refractivity (Wildman–Crippen MR) is 125 cm³/mol. The van der Waals surface area contributed by atoms with Gasteiger partial charge in [0.2, 0.25) is 0 Å². The predicted octanol–water partition coefficient (Wildman–Crippen LogP) is 4.34. The molecule has 0 aliphatic heterocycles. The van der Waals surface area contributed by atoms with Crippen molar-refractivity contribution in [1.82, 2.24) is 18.9 Å². The fourth-order valence-corrected chi connectivity index (χ4v) is 4.49. The average molecular weight is 445 g/mol. The van der Waals surface area contributed by atoms with Gasteiger partial charge in [0, 0.05) is 24.2 Å². The Morgan fingerprint density at radius 2 is 1.75 bits per heavy atom. The molecule has 0 fully saturated rings. The normalized spacial score (nSPS) is 11.2. The summed E-state index contributed by atoms with van der Waals surface area (Å²) in [5.74, 6) is 1.71. The monoisotopic (exact) mass is 444 g/mol. The van der Waals surface area contributed by atoms with Gasteiger partial charge in [-0.3, -0.25) is 9.36 Å². The molecule has 8 heteroatoms. The number of rotatable bonds is 6. The van der Waals surface area contributed by atoms with Crippen molar-refractivity contribution < 1.29 is 9.47 Å². The Morgan fingerprint density at radius 3 is 2.56 bits per heavy atom. The number of imidazole rings is 1. The number of thioether (sulfide) groups is 1. The number of benzene rings is 2. The third kappa shape index (κ3) is 3.58. The lowest BCUT2D eigenvalue weighted by Crippen LogP contribution is -2.21. The molecule has 0 saturated carbocycles. The Bertz CT molecular complexity index is 1460. The van der Waals surface area contributed by atoms with Gasteiger partial charge in [0.15, 0.2) is 16.7 Å². The second kappa shape index (κ2) is 8.39. The van der Waals surface area contributed by atoms with E-state index in [4.69, 9.17) is 14.5 Å². The molecule has 0 atom stereocenters. The van der Waals surface area contributed by atoms with Crippen molar-refractivity contribution in [1.29, 1.82) is 0 Å². The Morgan fingerprint density at radius 1 is 0.938 bits per heavy atom. The van der Waals surface area contributed by atoms with Crippen LogP contribution in [0.5, 0.6) is 11.5 Å². The van der Waals surface area contributed by atoms with Crippen molar-refractivity contribution in [2.45, 2.75) is 10.9 Å². The molecule has 0 amide bonds. The number of hydrogen-bond donors (Lipinski definition) is 0. The summed E-state index contributed by atoms with van der Waals surface area (Å²) in [5, 5.41) is 1.14. The highest BCUT2D eigenvalue weighted by Gasteiger charge is 2.16. The maximum Gasteiger partial charge on any atom is 0.266 e. The molecule has 7 nitrogen and oxygen atoms in total. The molecule has 3 aromatic heterocycles.